The van der Waals surface area contributed by atoms with Crippen LogP contribution in [-0.4, -0.2) is 46.4 Å². The van der Waals surface area contributed by atoms with Crippen LogP contribution < -0.4 is 14.4 Å². The molecule has 0 aromatic heterocycles. The number of hydrogen-bond acceptors (Lipinski definition) is 5. The van der Waals surface area contributed by atoms with Gasteiger partial charge in [0.2, 0.25) is 15.9 Å². The van der Waals surface area contributed by atoms with E-state index in [4.69, 9.17) is 9.47 Å². The van der Waals surface area contributed by atoms with Gasteiger partial charge >= 0.3 is 0 Å². The maximum absolute atomic E-state index is 12.2. The summed E-state index contributed by atoms with van der Waals surface area (Å²) in [7, 11) is -3.62. The highest BCUT2D eigenvalue weighted by Gasteiger charge is 2.22. The van der Waals surface area contributed by atoms with Gasteiger partial charge < -0.3 is 14.8 Å². The van der Waals surface area contributed by atoms with Gasteiger partial charge in [-0.3, -0.25) is 9.10 Å². The van der Waals surface area contributed by atoms with E-state index in [-0.39, 0.29) is 18.6 Å². The minimum atomic E-state index is -3.62. The van der Waals surface area contributed by atoms with Gasteiger partial charge in [-0.05, 0) is 49.2 Å². The summed E-state index contributed by atoms with van der Waals surface area (Å²) in [6.07, 6.45) is 2.96. The van der Waals surface area contributed by atoms with Crippen LogP contribution in [0.3, 0.4) is 0 Å². The molecule has 1 heterocycles. The Morgan fingerprint density at radius 3 is 2.43 bits per heavy atom. The molecule has 0 radical (unpaired) electrons. The Bertz CT molecular complexity index is 879. The van der Waals surface area contributed by atoms with Crippen molar-refractivity contribution < 1.29 is 22.7 Å². The lowest BCUT2D eigenvalue weighted by Gasteiger charge is -2.22. The minimum absolute atomic E-state index is 0.00468. The summed E-state index contributed by atoms with van der Waals surface area (Å²) in [6.45, 7) is 0.804. The number of carbonyl (C=O) groups excluding carboxylic acids is 1. The molecule has 1 atom stereocenters. The Kier molecular flexibility index (Phi) is 6.53. The smallest absolute Gasteiger partial charge is 0.240 e. The van der Waals surface area contributed by atoms with Crippen LogP contribution in [0.15, 0.2) is 54.6 Å². The molecule has 1 amide bonds. The first-order chi connectivity index (χ1) is 13.4. The van der Waals surface area contributed by atoms with Crippen molar-refractivity contribution in [2.24, 2.45) is 0 Å². The largest absolute Gasteiger partial charge is 0.457 e. The second-order valence-electron chi connectivity index (χ2n) is 6.62. The molecular formula is C20H24N2O5S. The van der Waals surface area contributed by atoms with E-state index in [1.54, 1.807) is 24.3 Å². The molecule has 2 aromatic carbocycles. The van der Waals surface area contributed by atoms with Crippen molar-refractivity contribution in [1.82, 2.24) is 5.32 Å². The fourth-order valence-corrected chi connectivity index (χ4v) is 3.78. The molecule has 0 aliphatic carbocycles. The number of sulfonamides is 1. The number of carbonyl (C=O) groups is 1. The van der Waals surface area contributed by atoms with Crippen molar-refractivity contribution in [3.8, 4) is 11.5 Å². The molecule has 0 spiro atoms. The zero-order valence-electron chi connectivity index (χ0n) is 15.7. The third kappa shape index (κ3) is 5.71. The van der Waals surface area contributed by atoms with E-state index in [0.717, 1.165) is 23.4 Å². The Morgan fingerprint density at radius 1 is 1.14 bits per heavy atom. The van der Waals surface area contributed by atoms with E-state index in [2.05, 4.69) is 5.32 Å². The van der Waals surface area contributed by atoms with Gasteiger partial charge in [0, 0.05) is 13.2 Å². The van der Waals surface area contributed by atoms with Gasteiger partial charge in [-0.15, -0.1) is 0 Å². The first kappa shape index (κ1) is 20.2. The zero-order chi connectivity index (χ0) is 20.0. The number of anilines is 1. The first-order valence-corrected chi connectivity index (χ1v) is 11.0. The summed E-state index contributed by atoms with van der Waals surface area (Å²) in [5.74, 6) is 0.889. The Labute approximate surface area is 165 Å². The minimum Gasteiger partial charge on any atom is -0.457 e. The number of para-hydroxylation sites is 1. The van der Waals surface area contributed by atoms with Crippen LogP contribution in [0.4, 0.5) is 5.69 Å². The number of benzene rings is 2. The number of ether oxygens (including phenoxy) is 2. The second-order valence-corrected chi connectivity index (χ2v) is 8.52. The highest BCUT2D eigenvalue weighted by molar-refractivity contribution is 7.92. The SMILES string of the molecule is CS(=O)(=O)N(CC(=O)NC[C@@H]1CCCO1)c1ccc(Oc2ccccc2)cc1. The van der Waals surface area contributed by atoms with Crippen molar-refractivity contribution in [2.75, 3.05) is 30.3 Å². The quantitative estimate of drug-likeness (QED) is 0.731. The van der Waals surface area contributed by atoms with E-state index in [0.29, 0.717) is 30.3 Å². The van der Waals surface area contributed by atoms with Gasteiger partial charge in [0.25, 0.3) is 0 Å². The van der Waals surface area contributed by atoms with Crippen LogP contribution >= 0.6 is 0 Å². The Balaban J connectivity index is 1.64. The maximum atomic E-state index is 12.2. The zero-order valence-corrected chi connectivity index (χ0v) is 16.5. The summed E-state index contributed by atoms with van der Waals surface area (Å²) in [6, 6.07) is 15.9. The molecule has 150 valence electrons. The van der Waals surface area contributed by atoms with E-state index >= 15 is 0 Å². The molecular weight excluding hydrogens is 380 g/mol. The summed E-state index contributed by atoms with van der Waals surface area (Å²) < 4.78 is 36.6. The maximum Gasteiger partial charge on any atom is 0.240 e. The topological polar surface area (TPSA) is 84.9 Å². The predicted molar refractivity (Wildman–Crippen MR) is 107 cm³/mol. The fraction of sp³-hybridized carbons (Fsp3) is 0.350. The average Bonchev–Trinajstić information content (AvgIpc) is 3.19. The molecule has 0 bridgehead atoms. The number of nitrogens with one attached hydrogen (secondary N) is 1. The van der Waals surface area contributed by atoms with Crippen molar-refractivity contribution in [3.05, 3.63) is 54.6 Å². The third-order valence-electron chi connectivity index (χ3n) is 4.34. The molecule has 3 rings (SSSR count). The molecule has 1 aliphatic rings. The van der Waals surface area contributed by atoms with Crippen molar-refractivity contribution in [3.63, 3.8) is 0 Å². The molecule has 8 heteroatoms. The lowest BCUT2D eigenvalue weighted by Crippen LogP contribution is -2.42. The molecule has 7 nitrogen and oxygen atoms in total. The highest BCUT2D eigenvalue weighted by Crippen LogP contribution is 2.25. The van der Waals surface area contributed by atoms with Crippen LogP contribution in [0.5, 0.6) is 11.5 Å². The molecule has 1 aliphatic heterocycles. The lowest BCUT2D eigenvalue weighted by atomic mass is 10.2. The molecule has 1 N–H and O–H groups in total. The van der Waals surface area contributed by atoms with E-state index in [1.807, 2.05) is 30.3 Å². The average molecular weight is 404 g/mol. The Morgan fingerprint density at radius 2 is 1.82 bits per heavy atom. The standard InChI is InChI=1S/C20H24N2O5S/c1-28(24,25)22(15-20(23)21-14-19-8-5-13-26-19)16-9-11-18(12-10-16)27-17-6-3-2-4-7-17/h2-4,6-7,9-12,19H,5,8,13-15H2,1H3,(H,21,23)/t19-/m0/s1. The van der Waals surface area contributed by atoms with E-state index < -0.39 is 10.0 Å². The highest BCUT2D eigenvalue weighted by atomic mass is 32.2. The normalized spacial score (nSPS) is 16.5. The summed E-state index contributed by atoms with van der Waals surface area (Å²) >= 11 is 0. The summed E-state index contributed by atoms with van der Waals surface area (Å²) in [5, 5.41) is 2.75. The summed E-state index contributed by atoms with van der Waals surface area (Å²) in [5.41, 5.74) is 0.398. The van der Waals surface area contributed by atoms with Crippen LogP contribution in [0, 0.1) is 0 Å². The van der Waals surface area contributed by atoms with Gasteiger partial charge in [-0.2, -0.15) is 0 Å². The van der Waals surface area contributed by atoms with Crippen LogP contribution in [0.1, 0.15) is 12.8 Å². The second kappa shape index (κ2) is 9.07. The van der Waals surface area contributed by atoms with Crippen LogP contribution in [-0.2, 0) is 19.6 Å². The summed E-state index contributed by atoms with van der Waals surface area (Å²) in [4.78, 5) is 12.2. The van der Waals surface area contributed by atoms with Gasteiger partial charge in [0.05, 0.1) is 18.0 Å². The number of amides is 1. The van der Waals surface area contributed by atoms with Crippen molar-refractivity contribution >= 4 is 21.6 Å². The Hall–Kier alpha value is -2.58. The van der Waals surface area contributed by atoms with Gasteiger partial charge in [0.1, 0.15) is 18.0 Å². The van der Waals surface area contributed by atoms with E-state index in [9.17, 15) is 13.2 Å². The van der Waals surface area contributed by atoms with Crippen LogP contribution in [0.2, 0.25) is 0 Å². The number of nitrogens with zero attached hydrogens (tertiary/aromatic N) is 1. The molecule has 28 heavy (non-hydrogen) atoms. The predicted octanol–water partition coefficient (Wildman–Crippen LogP) is 2.54. The molecule has 1 fully saturated rings. The first-order valence-electron chi connectivity index (χ1n) is 9.11. The van der Waals surface area contributed by atoms with Gasteiger partial charge in [-0.25, -0.2) is 8.42 Å². The number of hydrogen-bond donors (Lipinski definition) is 1. The lowest BCUT2D eigenvalue weighted by molar-refractivity contribution is -0.120. The fourth-order valence-electron chi connectivity index (χ4n) is 2.92. The number of rotatable bonds is 8. The van der Waals surface area contributed by atoms with Crippen molar-refractivity contribution in [2.45, 2.75) is 18.9 Å². The van der Waals surface area contributed by atoms with Gasteiger partial charge in [-0.1, -0.05) is 18.2 Å². The molecule has 2 aromatic rings. The van der Waals surface area contributed by atoms with Gasteiger partial charge in [0.15, 0.2) is 0 Å². The molecule has 0 unspecified atom stereocenters. The van der Waals surface area contributed by atoms with E-state index in [1.165, 1.54) is 0 Å². The monoisotopic (exact) mass is 404 g/mol. The van der Waals surface area contributed by atoms with Crippen molar-refractivity contribution in [1.29, 1.82) is 0 Å². The molecule has 1 saturated heterocycles. The van der Waals surface area contributed by atoms with Crippen LogP contribution in [0.25, 0.3) is 0 Å². The third-order valence-corrected chi connectivity index (χ3v) is 5.48. The molecule has 0 saturated carbocycles.